The van der Waals surface area contributed by atoms with Crippen LogP contribution in [0.3, 0.4) is 0 Å². The first-order valence-corrected chi connectivity index (χ1v) is 19.6. The highest BCUT2D eigenvalue weighted by atomic mass is 32.2. The largest absolute Gasteiger partial charge is 0.450 e. The molecule has 14 nitrogen and oxygen atoms in total. The van der Waals surface area contributed by atoms with Crippen molar-refractivity contribution >= 4 is 46.0 Å². The second-order valence-electron chi connectivity index (χ2n) is 15.6. The van der Waals surface area contributed by atoms with Crippen LogP contribution in [0.5, 0.6) is 0 Å². The molecule has 3 aliphatic heterocycles. The Balaban J connectivity index is 1.26. The Hall–Kier alpha value is -4.40. The molecule has 3 heterocycles. The maximum absolute atomic E-state index is 14.4. The molecule has 3 N–H and O–H groups in total. The maximum atomic E-state index is 14.4. The van der Waals surface area contributed by atoms with E-state index in [-0.39, 0.29) is 26.0 Å². The van der Waals surface area contributed by atoms with Gasteiger partial charge in [-0.15, -0.1) is 6.58 Å². The van der Waals surface area contributed by atoms with Crippen molar-refractivity contribution in [3.05, 3.63) is 53.6 Å². The first-order chi connectivity index (χ1) is 24.6. The number of hydrogen-bond donors (Lipinski definition) is 3. The molecule has 2 saturated carbocycles. The fourth-order valence-electron chi connectivity index (χ4n) is 7.23. The van der Waals surface area contributed by atoms with Crippen molar-refractivity contribution in [3.63, 3.8) is 0 Å². The smallest absolute Gasteiger partial charge is 0.410 e. The molecular formula is C37H49N5O9S. The minimum absolute atomic E-state index is 0.0871. The standard InChI is InChI=1S/C37H49N5O9S/c1-5-25-19-37(25,33(45)40-52(48,49)27-15-16-27)39-31(43)29-18-26-21-42(29)32(44)30(36(2,3)4)38-34(46)50-17-10-8-6-7-9-12-23-13-11-14-24-20-41(22-28(23)24)35(47)51-26/h5,9,11-14,25-27,29-30H,1,6-8,10,15-22H2,2-4H3,(H,38,46)(H,39,43)(H,40,45)/b12-9+/t25-,26-,29+,30-,37-/m1/s1. The van der Waals surface area contributed by atoms with Crippen LogP contribution in [0.15, 0.2) is 36.9 Å². The van der Waals surface area contributed by atoms with Gasteiger partial charge in [0.15, 0.2) is 0 Å². The van der Waals surface area contributed by atoms with Crippen LogP contribution in [0.25, 0.3) is 6.08 Å². The number of allylic oxidation sites excluding steroid dienone is 1. The van der Waals surface area contributed by atoms with Crippen LogP contribution in [0, 0.1) is 11.3 Å². The zero-order valence-electron chi connectivity index (χ0n) is 30.0. The van der Waals surface area contributed by atoms with E-state index < -0.39 is 80.2 Å². The number of cyclic esters (lactones) is 1. The number of sulfonamides is 1. The summed E-state index contributed by atoms with van der Waals surface area (Å²) >= 11 is 0. The van der Waals surface area contributed by atoms with Crippen molar-refractivity contribution in [3.8, 4) is 0 Å². The molecular weight excluding hydrogens is 691 g/mol. The van der Waals surface area contributed by atoms with E-state index >= 15 is 0 Å². The molecule has 1 aromatic rings. The van der Waals surface area contributed by atoms with E-state index in [1.54, 1.807) is 25.7 Å². The Morgan fingerprint density at radius 3 is 2.56 bits per heavy atom. The van der Waals surface area contributed by atoms with Gasteiger partial charge in [-0.25, -0.2) is 18.0 Å². The van der Waals surface area contributed by atoms with Gasteiger partial charge < -0.3 is 25.0 Å². The second-order valence-corrected chi connectivity index (χ2v) is 17.6. The minimum Gasteiger partial charge on any atom is -0.450 e. The van der Waals surface area contributed by atoms with E-state index in [9.17, 15) is 32.4 Å². The second kappa shape index (κ2) is 14.6. The van der Waals surface area contributed by atoms with Crippen molar-refractivity contribution in [1.82, 2.24) is 25.2 Å². The van der Waals surface area contributed by atoms with Crippen LogP contribution in [0.4, 0.5) is 9.59 Å². The summed E-state index contributed by atoms with van der Waals surface area (Å²) in [6, 6.07) is 3.60. The first kappa shape index (κ1) is 37.4. The number of amides is 5. The third kappa shape index (κ3) is 7.98. The topological polar surface area (TPSA) is 181 Å². The molecule has 0 radical (unpaired) electrons. The van der Waals surface area contributed by atoms with E-state index in [2.05, 4.69) is 34.1 Å². The lowest BCUT2D eigenvalue weighted by Crippen LogP contribution is -2.60. The highest BCUT2D eigenvalue weighted by Gasteiger charge is 2.62. The molecule has 1 aromatic carbocycles. The molecule has 5 amide bonds. The van der Waals surface area contributed by atoms with Gasteiger partial charge in [0, 0.05) is 18.9 Å². The lowest BCUT2D eigenvalue weighted by atomic mass is 9.85. The monoisotopic (exact) mass is 739 g/mol. The van der Waals surface area contributed by atoms with E-state index in [1.807, 2.05) is 18.2 Å². The van der Waals surface area contributed by atoms with E-state index in [4.69, 9.17) is 9.47 Å². The summed E-state index contributed by atoms with van der Waals surface area (Å²) in [7, 11) is -3.91. The quantitative estimate of drug-likeness (QED) is 0.368. The minimum atomic E-state index is -3.91. The molecule has 52 heavy (non-hydrogen) atoms. The Morgan fingerprint density at radius 1 is 1.10 bits per heavy atom. The molecule has 5 aliphatic rings. The molecule has 5 atom stereocenters. The first-order valence-electron chi connectivity index (χ1n) is 18.1. The molecule has 0 aromatic heterocycles. The highest BCUT2D eigenvalue weighted by molar-refractivity contribution is 7.91. The van der Waals surface area contributed by atoms with Gasteiger partial charge in [0.05, 0.1) is 24.9 Å². The van der Waals surface area contributed by atoms with Gasteiger partial charge in [0.25, 0.3) is 5.91 Å². The van der Waals surface area contributed by atoms with Crippen molar-refractivity contribution in [1.29, 1.82) is 0 Å². The predicted molar refractivity (Wildman–Crippen MR) is 191 cm³/mol. The zero-order chi connectivity index (χ0) is 37.4. The molecule has 282 valence electrons. The zero-order valence-corrected chi connectivity index (χ0v) is 30.8. The lowest BCUT2D eigenvalue weighted by molar-refractivity contribution is -0.142. The van der Waals surface area contributed by atoms with Crippen LogP contribution in [0.2, 0.25) is 0 Å². The van der Waals surface area contributed by atoms with Crippen molar-refractivity contribution in [2.75, 3.05) is 13.2 Å². The van der Waals surface area contributed by atoms with Crippen molar-refractivity contribution < 1.29 is 41.9 Å². The molecule has 2 aliphatic carbocycles. The number of alkyl carbamates (subject to hydrolysis) is 1. The number of hydrogen-bond acceptors (Lipinski definition) is 9. The number of fused-ring (bicyclic) bond motifs is 3. The Kier molecular flexibility index (Phi) is 10.5. The maximum Gasteiger partial charge on any atom is 0.410 e. The summed E-state index contributed by atoms with van der Waals surface area (Å²) in [6.45, 7) is 9.76. The average Bonchev–Trinajstić information content (AvgIpc) is 3.97. The predicted octanol–water partition coefficient (Wildman–Crippen LogP) is 3.51. The summed E-state index contributed by atoms with van der Waals surface area (Å²) in [5.74, 6) is -2.72. The molecule has 0 spiro atoms. The molecule has 15 heteroatoms. The average molecular weight is 740 g/mol. The van der Waals surface area contributed by atoms with E-state index in [1.165, 1.54) is 11.0 Å². The van der Waals surface area contributed by atoms with E-state index in [0.29, 0.717) is 32.4 Å². The van der Waals surface area contributed by atoms with Crippen LogP contribution in [0.1, 0.15) is 88.8 Å². The number of ether oxygens (including phenoxy) is 2. The molecule has 0 unspecified atom stereocenters. The van der Waals surface area contributed by atoms with E-state index in [0.717, 1.165) is 36.0 Å². The summed E-state index contributed by atoms with van der Waals surface area (Å²) in [6.07, 6.45) is 7.51. The molecule has 3 fully saturated rings. The van der Waals surface area contributed by atoms with Gasteiger partial charge in [-0.3, -0.25) is 24.0 Å². The molecule has 4 bridgehead atoms. The Labute approximate surface area is 304 Å². The number of nitrogens with zero attached hydrogens (tertiary/aromatic N) is 2. The number of carbonyl (C=O) groups excluding carboxylic acids is 5. The SMILES string of the molecule is C=C[C@@H]1C[C@]1(NC(=O)[C@@H]1C[C@@H]2CN1C(=O)[C@H](C(C)(C)C)NC(=O)OCCCCC/C=C/c1cccc3c1CN(C3)C(=O)O2)C(=O)NS(=O)(=O)C1CC1. The van der Waals surface area contributed by atoms with Crippen LogP contribution in [-0.2, 0) is 47.0 Å². The third-order valence-corrected chi connectivity index (χ3v) is 12.4. The van der Waals surface area contributed by atoms with Gasteiger partial charge in [-0.1, -0.05) is 57.2 Å². The van der Waals surface area contributed by atoms with Gasteiger partial charge in [-0.05, 0) is 67.1 Å². The van der Waals surface area contributed by atoms with Gasteiger partial charge in [-0.2, -0.15) is 0 Å². The van der Waals surface area contributed by atoms with Crippen molar-refractivity contribution in [2.45, 2.75) is 114 Å². The van der Waals surface area contributed by atoms with Crippen LogP contribution in [-0.4, -0.2) is 90.3 Å². The highest BCUT2D eigenvalue weighted by Crippen LogP contribution is 2.45. The third-order valence-electron chi connectivity index (χ3n) is 10.6. The van der Waals surface area contributed by atoms with Crippen molar-refractivity contribution in [2.24, 2.45) is 11.3 Å². The Bertz CT molecular complexity index is 1770. The lowest BCUT2D eigenvalue weighted by Gasteiger charge is -2.35. The Morgan fingerprint density at radius 2 is 1.87 bits per heavy atom. The van der Waals surface area contributed by atoms with Gasteiger partial charge in [0.1, 0.15) is 23.7 Å². The summed E-state index contributed by atoms with van der Waals surface area (Å²) in [5.41, 5.74) is 0.654. The molecule has 1 saturated heterocycles. The van der Waals surface area contributed by atoms with Crippen LogP contribution >= 0.6 is 0 Å². The van der Waals surface area contributed by atoms with Gasteiger partial charge >= 0.3 is 12.2 Å². The fraction of sp³-hybridized carbons (Fsp3) is 0.595. The number of carbonyl (C=O) groups is 5. The van der Waals surface area contributed by atoms with Gasteiger partial charge in [0.2, 0.25) is 21.8 Å². The normalized spacial score (nSPS) is 29.2. The summed E-state index contributed by atoms with van der Waals surface area (Å²) in [5, 5.41) is 4.79. The van der Waals surface area contributed by atoms with Crippen LogP contribution < -0.4 is 15.4 Å². The number of benzene rings is 1. The number of rotatable bonds is 6. The number of nitrogens with one attached hydrogen (secondary N) is 3. The fourth-order valence-corrected chi connectivity index (χ4v) is 8.60. The molecule has 6 rings (SSSR count). The summed E-state index contributed by atoms with van der Waals surface area (Å²) in [4.78, 5) is 71.4. The summed E-state index contributed by atoms with van der Waals surface area (Å²) < 4.78 is 38.8.